The monoisotopic (exact) mass is 336 g/mol. The smallest absolute Gasteiger partial charge is 0.191 e. The van der Waals surface area contributed by atoms with E-state index >= 15 is 0 Å². The van der Waals surface area contributed by atoms with Gasteiger partial charge in [-0.3, -0.25) is 14.3 Å². The zero-order valence-electron chi connectivity index (χ0n) is 14.5. The number of aromatic nitrogens is 2. The first-order valence-corrected chi connectivity index (χ1v) is 8.21. The van der Waals surface area contributed by atoms with Crippen molar-refractivity contribution in [2.75, 3.05) is 0 Å². The van der Waals surface area contributed by atoms with Gasteiger partial charge in [-0.1, -0.05) is 24.3 Å². The fourth-order valence-corrected chi connectivity index (χ4v) is 2.89. The Bertz CT molecular complexity index is 970. The molecule has 0 amide bonds. The van der Waals surface area contributed by atoms with E-state index in [0.29, 0.717) is 5.69 Å². The summed E-state index contributed by atoms with van der Waals surface area (Å²) in [5.74, 6) is -0.860. The molecule has 0 atom stereocenters. The van der Waals surface area contributed by atoms with Gasteiger partial charge in [-0.2, -0.15) is 5.10 Å². The summed E-state index contributed by atoms with van der Waals surface area (Å²) in [4.78, 5) is 25.1. The fourth-order valence-electron chi connectivity index (χ4n) is 2.89. The Morgan fingerprint density at radius 3 is 2.52 bits per heavy atom. The molecule has 0 radical (unpaired) electrons. The Labute approximate surface area is 145 Å². The molecule has 1 heterocycles. The SMILES string of the molecule is Cc1ccc(C(=O)CC(=O)c2nn(C(C)C)c3ccccc23)c(O)c1. The number of aromatic hydroxyl groups is 1. The maximum Gasteiger partial charge on any atom is 0.191 e. The molecule has 0 aliphatic rings. The zero-order valence-corrected chi connectivity index (χ0v) is 14.5. The second kappa shape index (κ2) is 6.51. The van der Waals surface area contributed by atoms with Crippen LogP contribution in [-0.2, 0) is 0 Å². The lowest BCUT2D eigenvalue weighted by molar-refractivity contribution is 0.0890. The highest BCUT2D eigenvalue weighted by Gasteiger charge is 2.22. The van der Waals surface area contributed by atoms with Gasteiger partial charge in [-0.15, -0.1) is 0 Å². The third-order valence-corrected chi connectivity index (χ3v) is 4.14. The van der Waals surface area contributed by atoms with Crippen LogP contribution in [0.25, 0.3) is 10.9 Å². The van der Waals surface area contributed by atoms with E-state index in [-0.39, 0.29) is 29.6 Å². The van der Waals surface area contributed by atoms with Gasteiger partial charge in [0.15, 0.2) is 11.6 Å². The molecule has 0 aliphatic heterocycles. The number of ketones is 2. The van der Waals surface area contributed by atoms with Gasteiger partial charge in [0.1, 0.15) is 11.4 Å². The van der Waals surface area contributed by atoms with Gasteiger partial charge in [0.25, 0.3) is 0 Å². The third kappa shape index (κ3) is 3.18. The van der Waals surface area contributed by atoms with E-state index in [1.54, 1.807) is 16.8 Å². The number of carbonyl (C=O) groups is 2. The number of para-hydroxylation sites is 1. The molecule has 5 nitrogen and oxygen atoms in total. The lowest BCUT2D eigenvalue weighted by atomic mass is 10.0. The highest BCUT2D eigenvalue weighted by molar-refractivity contribution is 6.17. The molecule has 0 saturated carbocycles. The third-order valence-electron chi connectivity index (χ3n) is 4.14. The Morgan fingerprint density at radius 2 is 1.84 bits per heavy atom. The highest BCUT2D eigenvalue weighted by Crippen LogP contribution is 2.25. The van der Waals surface area contributed by atoms with Crippen LogP contribution in [0.15, 0.2) is 42.5 Å². The lowest BCUT2D eigenvalue weighted by Gasteiger charge is -2.06. The number of phenolic OH excluding ortho intramolecular Hbond substituents is 1. The molecular formula is C20H20N2O3. The Hall–Kier alpha value is -2.95. The van der Waals surface area contributed by atoms with Crippen LogP contribution < -0.4 is 0 Å². The van der Waals surface area contributed by atoms with Gasteiger partial charge in [0, 0.05) is 11.4 Å². The molecule has 0 unspecified atom stereocenters. The van der Waals surface area contributed by atoms with Crippen molar-refractivity contribution in [1.82, 2.24) is 9.78 Å². The predicted octanol–water partition coefficient (Wildman–Crippen LogP) is 4.09. The van der Waals surface area contributed by atoms with E-state index in [2.05, 4.69) is 5.10 Å². The van der Waals surface area contributed by atoms with Gasteiger partial charge >= 0.3 is 0 Å². The lowest BCUT2D eigenvalue weighted by Crippen LogP contribution is -2.11. The average molecular weight is 336 g/mol. The van der Waals surface area contributed by atoms with Crippen LogP contribution in [0.2, 0.25) is 0 Å². The van der Waals surface area contributed by atoms with E-state index in [1.807, 2.05) is 45.0 Å². The number of Topliss-reactive ketones (excluding diaryl/α,β-unsaturated/α-hetero) is 2. The summed E-state index contributed by atoms with van der Waals surface area (Å²) in [6.07, 6.45) is -0.324. The minimum atomic E-state index is -0.411. The predicted molar refractivity (Wildman–Crippen MR) is 96.2 cm³/mol. The Morgan fingerprint density at radius 1 is 1.12 bits per heavy atom. The van der Waals surface area contributed by atoms with Crippen molar-refractivity contribution >= 4 is 22.5 Å². The van der Waals surface area contributed by atoms with Gasteiger partial charge in [0.05, 0.1) is 17.5 Å². The summed E-state index contributed by atoms with van der Waals surface area (Å²) in [5.41, 5.74) is 2.17. The van der Waals surface area contributed by atoms with E-state index in [9.17, 15) is 14.7 Å². The quantitative estimate of drug-likeness (QED) is 0.563. The Balaban J connectivity index is 1.94. The summed E-state index contributed by atoms with van der Waals surface area (Å²) in [7, 11) is 0. The molecule has 5 heteroatoms. The van der Waals surface area contributed by atoms with Crippen LogP contribution >= 0.6 is 0 Å². The molecular weight excluding hydrogens is 316 g/mol. The standard InChI is InChI=1S/C20H20N2O3/c1-12(2)22-16-7-5-4-6-14(16)20(21-22)19(25)11-18(24)15-9-8-13(3)10-17(15)23/h4-10,12,23H,11H2,1-3H3. The van der Waals surface area contributed by atoms with Crippen LogP contribution in [-0.4, -0.2) is 26.5 Å². The number of benzene rings is 2. The topological polar surface area (TPSA) is 72.2 Å². The zero-order chi connectivity index (χ0) is 18.1. The van der Waals surface area contributed by atoms with Crippen molar-refractivity contribution in [3.63, 3.8) is 0 Å². The van der Waals surface area contributed by atoms with Gasteiger partial charge in [-0.05, 0) is 44.5 Å². The molecule has 0 spiro atoms. The molecule has 128 valence electrons. The van der Waals surface area contributed by atoms with E-state index in [1.165, 1.54) is 6.07 Å². The summed E-state index contributed by atoms with van der Waals surface area (Å²) in [6.45, 7) is 5.80. The maximum absolute atomic E-state index is 12.7. The molecule has 3 aromatic rings. The van der Waals surface area contributed by atoms with Gasteiger partial charge in [0.2, 0.25) is 0 Å². The Kier molecular flexibility index (Phi) is 4.40. The van der Waals surface area contributed by atoms with Crippen LogP contribution in [0, 0.1) is 6.92 Å². The number of nitrogens with zero attached hydrogens (tertiary/aromatic N) is 2. The number of hydrogen-bond acceptors (Lipinski definition) is 4. The van der Waals surface area contributed by atoms with Crippen molar-refractivity contribution in [1.29, 1.82) is 0 Å². The molecule has 1 N–H and O–H groups in total. The number of carbonyl (C=O) groups excluding carboxylic acids is 2. The molecule has 0 aliphatic carbocycles. The van der Waals surface area contributed by atoms with Crippen molar-refractivity contribution in [3.05, 3.63) is 59.3 Å². The first kappa shape index (κ1) is 16.9. The fraction of sp³-hybridized carbons (Fsp3) is 0.250. The van der Waals surface area contributed by atoms with Crippen molar-refractivity contribution in [3.8, 4) is 5.75 Å². The molecule has 25 heavy (non-hydrogen) atoms. The highest BCUT2D eigenvalue weighted by atomic mass is 16.3. The van der Waals surface area contributed by atoms with Crippen LogP contribution in [0.5, 0.6) is 5.75 Å². The first-order chi connectivity index (χ1) is 11.9. The summed E-state index contributed by atoms with van der Waals surface area (Å²) in [5, 5.41) is 15.1. The number of phenols is 1. The number of aryl methyl sites for hydroxylation is 1. The first-order valence-electron chi connectivity index (χ1n) is 8.21. The van der Waals surface area contributed by atoms with Crippen molar-refractivity contribution < 1.29 is 14.7 Å². The maximum atomic E-state index is 12.7. The molecule has 0 saturated heterocycles. The van der Waals surface area contributed by atoms with E-state index < -0.39 is 5.78 Å². The summed E-state index contributed by atoms with van der Waals surface area (Å²) < 4.78 is 1.79. The minimum absolute atomic E-state index is 0.100. The number of fused-ring (bicyclic) bond motifs is 1. The second-order valence-electron chi connectivity index (χ2n) is 6.45. The molecule has 2 aromatic carbocycles. The number of rotatable bonds is 5. The number of hydrogen-bond donors (Lipinski definition) is 1. The minimum Gasteiger partial charge on any atom is -0.507 e. The van der Waals surface area contributed by atoms with Crippen LogP contribution in [0.1, 0.15) is 52.7 Å². The van der Waals surface area contributed by atoms with E-state index in [4.69, 9.17) is 0 Å². The molecule has 3 rings (SSSR count). The van der Waals surface area contributed by atoms with Gasteiger partial charge in [-0.25, -0.2) is 0 Å². The van der Waals surface area contributed by atoms with Crippen LogP contribution in [0.3, 0.4) is 0 Å². The largest absolute Gasteiger partial charge is 0.507 e. The molecule has 0 fully saturated rings. The van der Waals surface area contributed by atoms with Crippen LogP contribution in [0.4, 0.5) is 0 Å². The second-order valence-corrected chi connectivity index (χ2v) is 6.45. The molecule has 1 aromatic heterocycles. The average Bonchev–Trinajstić information content (AvgIpc) is 2.94. The van der Waals surface area contributed by atoms with E-state index in [0.717, 1.165) is 16.5 Å². The van der Waals surface area contributed by atoms with Crippen molar-refractivity contribution in [2.24, 2.45) is 0 Å². The van der Waals surface area contributed by atoms with Gasteiger partial charge < -0.3 is 5.11 Å². The summed E-state index contributed by atoms with van der Waals surface area (Å²) >= 11 is 0. The summed E-state index contributed by atoms with van der Waals surface area (Å²) in [6, 6.07) is 12.4. The van der Waals surface area contributed by atoms with Crippen molar-refractivity contribution in [2.45, 2.75) is 33.2 Å². The normalized spacial score (nSPS) is 11.2. The molecule has 0 bridgehead atoms.